The number of unbranched alkanes of at least 4 members (excludes halogenated alkanes) is 2. The zero-order valence-electron chi connectivity index (χ0n) is 15.8. The standard InChI is InChI=1S/C17H32N2O3SSi/c1-13-19-14(12-23-13)15(22-16(18)20)10-8-7-9-11-21-24(5,6)17(2,3)4/h12,15H,7-11H2,1-6H3,(H2,18,20). The Labute approximate surface area is 151 Å². The number of amides is 1. The number of hydrogen-bond donors (Lipinski definition) is 1. The number of ether oxygens (including phenoxy) is 1. The van der Waals surface area contributed by atoms with Crippen molar-refractivity contribution in [2.75, 3.05) is 6.61 Å². The summed E-state index contributed by atoms with van der Waals surface area (Å²) in [6.07, 6.45) is 2.67. The summed E-state index contributed by atoms with van der Waals surface area (Å²) in [5.74, 6) is 0. The molecule has 1 amide bonds. The molecule has 24 heavy (non-hydrogen) atoms. The summed E-state index contributed by atoms with van der Waals surface area (Å²) in [6.45, 7) is 14.0. The Morgan fingerprint density at radius 3 is 2.50 bits per heavy atom. The van der Waals surface area contributed by atoms with Gasteiger partial charge in [0.15, 0.2) is 8.32 Å². The molecule has 7 heteroatoms. The number of aryl methyl sites for hydroxylation is 1. The molecular weight excluding hydrogens is 340 g/mol. The number of nitrogens with zero attached hydrogens (tertiary/aromatic N) is 1. The Kier molecular flexibility index (Phi) is 7.89. The largest absolute Gasteiger partial charge is 0.440 e. The van der Waals surface area contributed by atoms with Gasteiger partial charge in [-0.05, 0) is 44.3 Å². The molecule has 0 aliphatic carbocycles. The van der Waals surface area contributed by atoms with Crippen molar-refractivity contribution in [3.8, 4) is 0 Å². The third kappa shape index (κ3) is 6.90. The molecule has 1 aromatic heterocycles. The smallest absolute Gasteiger partial charge is 0.405 e. The summed E-state index contributed by atoms with van der Waals surface area (Å²) in [4.78, 5) is 15.5. The molecule has 0 bridgehead atoms. The highest BCUT2D eigenvalue weighted by Gasteiger charge is 2.36. The van der Waals surface area contributed by atoms with Crippen LogP contribution in [0, 0.1) is 6.92 Å². The minimum Gasteiger partial charge on any atom is -0.440 e. The maximum atomic E-state index is 11.1. The molecule has 138 valence electrons. The van der Waals surface area contributed by atoms with E-state index in [-0.39, 0.29) is 11.1 Å². The van der Waals surface area contributed by atoms with Gasteiger partial charge in [0.05, 0.1) is 10.7 Å². The van der Waals surface area contributed by atoms with Crippen LogP contribution in [0.15, 0.2) is 5.38 Å². The summed E-state index contributed by atoms with van der Waals surface area (Å²) >= 11 is 1.55. The number of thiazole rings is 1. The second-order valence-corrected chi connectivity index (χ2v) is 13.5. The molecule has 1 heterocycles. The minimum atomic E-state index is -1.65. The lowest BCUT2D eigenvalue weighted by atomic mass is 10.1. The van der Waals surface area contributed by atoms with E-state index in [2.05, 4.69) is 38.8 Å². The molecule has 5 nitrogen and oxygen atoms in total. The summed E-state index contributed by atoms with van der Waals surface area (Å²) in [7, 11) is -1.65. The van der Waals surface area contributed by atoms with E-state index in [4.69, 9.17) is 14.9 Å². The SMILES string of the molecule is Cc1nc(C(CCCCCO[Si](C)(C)C(C)(C)C)OC(N)=O)cs1. The van der Waals surface area contributed by atoms with Crippen LogP contribution in [0.1, 0.15) is 63.3 Å². The van der Waals surface area contributed by atoms with E-state index in [0.717, 1.165) is 43.0 Å². The van der Waals surface area contributed by atoms with E-state index < -0.39 is 14.4 Å². The van der Waals surface area contributed by atoms with Crippen LogP contribution in [0.25, 0.3) is 0 Å². The maximum Gasteiger partial charge on any atom is 0.405 e. The fourth-order valence-corrected chi connectivity index (χ4v) is 3.83. The molecule has 0 aromatic carbocycles. The molecule has 0 saturated carbocycles. The molecule has 1 unspecified atom stereocenters. The van der Waals surface area contributed by atoms with Gasteiger partial charge in [-0.15, -0.1) is 11.3 Å². The molecule has 2 N–H and O–H groups in total. The van der Waals surface area contributed by atoms with Crippen LogP contribution in [0.3, 0.4) is 0 Å². The normalized spacial score (nSPS) is 13.8. The third-order valence-corrected chi connectivity index (χ3v) is 9.93. The zero-order chi connectivity index (χ0) is 18.4. The number of primary amides is 1. The van der Waals surface area contributed by atoms with Crippen LogP contribution in [0.2, 0.25) is 18.1 Å². The number of hydrogen-bond acceptors (Lipinski definition) is 5. The predicted octanol–water partition coefficient (Wildman–Crippen LogP) is 5.17. The number of rotatable bonds is 9. The Morgan fingerprint density at radius 1 is 1.33 bits per heavy atom. The third-order valence-electron chi connectivity index (χ3n) is 4.60. The number of carbonyl (C=O) groups excluding carboxylic acids is 1. The molecular formula is C17H32N2O3SSi. The van der Waals surface area contributed by atoms with Gasteiger partial charge < -0.3 is 14.9 Å². The van der Waals surface area contributed by atoms with Crippen LogP contribution in [0.5, 0.6) is 0 Å². The van der Waals surface area contributed by atoms with E-state index in [0.29, 0.717) is 0 Å². The Balaban J connectivity index is 2.35. The van der Waals surface area contributed by atoms with Gasteiger partial charge in [0.2, 0.25) is 0 Å². The van der Waals surface area contributed by atoms with Crippen molar-refractivity contribution in [3.05, 3.63) is 16.1 Å². The van der Waals surface area contributed by atoms with Gasteiger partial charge in [0.25, 0.3) is 0 Å². The average Bonchev–Trinajstić information content (AvgIpc) is 2.86. The fourth-order valence-electron chi connectivity index (χ4n) is 2.09. The molecule has 1 atom stereocenters. The molecule has 0 spiro atoms. The lowest BCUT2D eigenvalue weighted by Gasteiger charge is -2.36. The van der Waals surface area contributed by atoms with Crippen molar-refractivity contribution in [1.29, 1.82) is 0 Å². The van der Waals surface area contributed by atoms with Crippen molar-refractivity contribution in [2.24, 2.45) is 5.73 Å². The highest BCUT2D eigenvalue weighted by Crippen LogP contribution is 2.36. The summed E-state index contributed by atoms with van der Waals surface area (Å²) in [5.41, 5.74) is 5.98. The minimum absolute atomic E-state index is 0.246. The van der Waals surface area contributed by atoms with Gasteiger partial charge in [0, 0.05) is 12.0 Å². The van der Waals surface area contributed by atoms with Crippen molar-refractivity contribution in [2.45, 2.75) is 77.6 Å². The molecule has 0 aliphatic heterocycles. The van der Waals surface area contributed by atoms with E-state index >= 15 is 0 Å². The Hall–Kier alpha value is -0.923. The van der Waals surface area contributed by atoms with Crippen LogP contribution in [0.4, 0.5) is 4.79 Å². The number of aromatic nitrogens is 1. The number of nitrogens with two attached hydrogens (primary N) is 1. The second kappa shape index (κ2) is 8.96. The monoisotopic (exact) mass is 372 g/mol. The van der Waals surface area contributed by atoms with Crippen molar-refractivity contribution in [1.82, 2.24) is 4.98 Å². The van der Waals surface area contributed by atoms with Crippen LogP contribution < -0.4 is 5.73 Å². The highest BCUT2D eigenvalue weighted by atomic mass is 32.1. The molecule has 0 saturated heterocycles. The van der Waals surface area contributed by atoms with Gasteiger partial charge in [-0.25, -0.2) is 9.78 Å². The van der Waals surface area contributed by atoms with E-state index in [1.165, 1.54) is 0 Å². The lowest BCUT2D eigenvalue weighted by molar-refractivity contribution is 0.0969. The first-order valence-corrected chi connectivity index (χ1v) is 12.3. The quantitative estimate of drug-likeness (QED) is 0.479. The Morgan fingerprint density at radius 2 is 2.00 bits per heavy atom. The summed E-state index contributed by atoms with van der Waals surface area (Å²) in [5, 5.41) is 3.14. The number of carbonyl (C=O) groups is 1. The maximum absolute atomic E-state index is 11.1. The highest BCUT2D eigenvalue weighted by molar-refractivity contribution is 7.09. The second-order valence-electron chi connectivity index (χ2n) is 7.68. The lowest BCUT2D eigenvalue weighted by Crippen LogP contribution is -2.40. The van der Waals surface area contributed by atoms with Gasteiger partial charge in [-0.3, -0.25) is 0 Å². The van der Waals surface area contributed by atoms with Crippen LogP contribution in [-0.2, 0) is 9.16 Å². The van der Waals surface area contributed by atoms with Crippen LogP contribution in [-0.4, -0.2) is 26.0 Å². The van der Waals surface area contributed by atoms with E-state index in [1.807, 2.05) is 12.3 Å². The molecule has 0 aliphatic rings. The summed E-state index contributed by atoms with van der Waals surface area (Å²) < 4.78 is 11.4. The van der Waals surface area contributed by atoms with Crippen LogP contribution >= 0.6 is 11.3 Å². The average molecular weight is 373 g/mol. The van der Waals surface area contributed by atoms with Gasteiger partial charge in [0.1, 0.15) is 6.10 Å². The fraction of sp³-hybridized carbons (Fsp3) is 0.765. The first kappa shape index (κ1) is 21.1. The Bertz CT molecular complexity index is 526. The van der Waals surface area contributed by atoms with Gasteiger partial charge >= 0.3 is 6.09 Å². The first-order valence-electron chi connectivity index (χ1n) is 8.55. The van der Waals surface area contributed by atoms with Gasteiger partial charge in [-0.1, -0.05) is 27.2 Å². The topological polar surface area (TPSA) is 74.4 Å². The van der Waals surface area contributed by atoms with Gasteiger partial charge in [-0.2, -0.15) is 0 Å². The predicted molar refractivity (Wildman–Crippen MR) is 102 cm³/mol. The van der Waals surface area contributed by atoms with E-state index in [9.17, 15) is 4.79 Å². The molecule has 1 rings (SSSR count). The molecule has 0 radical (unpaired) electrons. The zero-order valence-corrected chi connectivity index (χ0v) is 17.7. The van der Waals surface area contributed by atoms with Crippen molar-refractivity contribution >= 4 is 25.7 Å². The van der Waals surface area contributed by atoms with Crippen molar-refractivity contribution < 1.29 is 14.0 Å². The van der Waals surface area contributed by atoms with Crippen molar-refractivity contribution in [3.63, 3.8) is 0 Å². The summed E-state index contributed by atoms with van der Waals surface area (Å²) in [6, 6.07) is 0. The molecule has 0 fully saturated rings. The van der Waals surface area contributed by atoms with E-state index in [1.54, 1.807) is 11.3 Å². The first-order chi connectivity index (χ1) is 11.0. The molecule has 1 aromatic rings.